The summed E-state index contributed by atoms with van der Waals surface area (Å²) in [5, 5.41) is 7.22. The molecule has 0 bridgehead atoms. The van der Waals surface area contributed by atoms with Crippen LogP contribution in [0.1, 0.15) is 21.2 Å². The van der Waals surface area contributed by atoms with Gasteiger partial charge in [0.05, 0.1) is 5.41 Å². The van der Waals surface area contributed by atoms with Crippen molar-refractivity contribution in [1.29, 1.82) is 0 Å². The quantitative estimate of drug-likeness (QED) is 0.563. The highest BCUT2D eigenvalue weighted by Gasteiger charge is 2.74. The number of para-hydroxylation sites is 1. The number of anilines is 1. The van der Waals surface area contributed by atoms with Crippen LogP contribution in [0.2, 0.25) is 0 Å². The number of likely N-dealkylation sites (N-methyl/N-ethyl adjacent to an activating group) is 2. The number of hydrogen-bond donors (Lipinski definition) is 1. The highest BCUT2D eigenvalue weighted by Crippen LogP contribution is 2.64. The van der Waals surface area contributed by atoms with Crippen molar-refractivity contribution >= 4 is 46.1 Å². The van der Waals surface area contributed by atoms with Gasteiger partial charge in [-0.2, -0.15) is 0 Å². The Balaban J connectivity index is 1.64. The van der Waals surface area contributed by atoms with Gasteiger partial charge in [-0.1, -0.05) is 30.3 Å². The van der Waals surface area contributed by atoms with Gasteiger partial charge in [0, 0.05) is 52.1 Å². The summed E-state index contributed by atoms with van der Waals surface area (Å²) in [5.74, 6) is -0.0747. The maximum Gasteiger partial charge on any atom is 0.250 e. The molecule has 3 aliphatic rings. The number of benzene rings is 1. The average molecular weight is 476 g/mol. The lowest BCUT2D eigenvalue weighted by molar-refractivity contribution is -0.146. The molecule has 2 spiro atoms. The van der Waals surface area contributed by atoms with Crippen LogP contribution < -0.4 is 5.32 Å². The zero-order valence-electron chi connectivity index (χ0n) is 18.6. The number of amides is 1. The van der Waals surface area contributed by atoms with Crippen LogP contribution in [0.25, 0.3) is 6.08 Å². The smallest absolute Gasteiger partial charge is 0.250 e. The molecule has 1 N–H and O–H groups in total. The van der Waals surface area contributed by atoms with Gasteiger partial charge in [-0.15, -0.1) is 22.7 Å². The minimum atomic E-state index is -1.06. The molecule has 5 heterocycles. The van der Waals surface area contributed by atoms with Crippen LogP contribution in [-0.4, -0.2) is 55.2 Å². The largest absolute Gasteiger partial charge is 0.324 e. The van der Waals surface area contributed by atoms with E-state index in [2.05, 4.69) is 33.6 Å². The molecule has 7 heteroatoms. The average Bonchev–Trinajstić information content (AvgIpc) is 3.57. The minimum absolute atomic E-state index is 0.0820. The first kappa shape index (κ1) is 21.0. The summed E-state index contributed by atoms with van der Waals surface area (Å²) >= 11 is 3.31. The van der Waals surface area contributed by atoms with Crippen LogP contribution in [0.3, 0.4) is 0 Å². The van der Waals surface area contributed by atoms with E-state index in [9.17, 15) is 9.59 Å². The van der Waals surface area contributed by atoms with Gasteiger partial charge in [-0.25, -0.2) is 0 Å². The number of ketones is 1. The molecular formula is C26H25N3O2S2. The van der Waals surface area contributed by atoms with Gasteiger partial charge in [0.25, 0.3) is 5.91 Å². The third-order valence-corrected chi connectivity index (χ3v) is 9.37. The number of hydrogen-bond acceptors (Lipinski definition) is 6. The first-order valence-electron chi connectivity index (χ1n) is 11.1. The third kappa shape index (κ3) is 2.71. The zero-order valence-corrected chi connectivity index (χ0v) is 20.2. The van der Waals surface area contributed by atoms with E-state index in [1.807, 2.05) is 61.0 Å². The van der Waals surface area contributed by atoms with Crippen molar-refractivity contribution in [2.45, 2.75) is 11.5 Å². The van der Waals surface area contributed by atoms with Gasteiger partial charge in [0.1, 0.15) is 5.54 Å². The summed E-state index contributed by atoms with van der Waals surface area (Å²) in [4.78, 5) is 35.3. The Morgan fingerprint density at radius 1 is 1.03 bits per heavy atom. The molecule has 3 atom stereocenters. The van der Waals surface area contributed by atoms with E-state index in [1.54, 1.807) is 22.7 Å². The van der Waals surface area contributed by atoms with Crippen molar-refractivity contribution < 1.29 is 9.59 Å². The Hall–Kier alpha value is -2.58. The fourth-order valence-corrected chi connectivity index (χ4v) is 8.05. The Labute approximate surface area is 201 Å². The van der Waals surface area contributed by atoms with Gasteiger partial charge in [0.15, 0.2) is 5.78 Å². The molecule has 0 unspecified atom stereocenters. The molecule has 6 rings (SSSR count). The second kappa shape index (κ2) is 7.46. The van der Waals surface area contributed by atoms with Crippen molar-refractivity contribution in [3.8, 4) is 0 Å². The number of fused-ring (bicyclic) bond motifs is 3. The maximum absolute atomic E-state index is 14.7. The van der Waals surface area contributed by atoms with Gasteiger partial charge in [0.2, 0.25) is 0 Å². The fourth-order valence-electron chi connectivity index (χ4n) is 6.45. The summed E-state index contributed by atoms with van der Waals surface area (Å²) in [6.45, 7) is 1.76. The highest BCUT2D eigenvalue weighted by atomic mass is 32.1. The van der Waals surface area contributed by atoms with Gasteiger partial charge in [-0.3, -0.25) is 14.5 Å². The van der Waals surface area contributed by atoms with E-state index in [0.29, 0.717) is 19.6 Å². The van der Waals surface area contributed by atoms with E-state index in [1.165, 1.54) is 0 Å². The zero-order chi connectivity index (χ0) is 22.8. The Morgan fingerprint density at radius 3 is 2.58 bits per heavy atom. The predicted molar refractivity (Wildman–Crippen MR) is 134 cm³/mol. The highest BCUT2D eigenvalue weighted by molar-refractivity contribution is 7.11. The summed E-state index contributed by atoms with van der Waals surface area (Å²) in [5.41, 5.74) is 0.512. The monoisotopic (exact) mass is 475 g/mol. The number of likely N-dealkylation sites (tertiary alicyclic amines) is 2. The molecule has 1 aromatic carbocycles. The molecular weight excluding hydrogens is 450 g/mol. The van der Waals surface area contributed by atoms with Crippen LogP contribution in [-0.2, 0) is 15.1 Å². The number of Topliss-reactive ketones (excluding diaryl/α,β-unsaturated/α-hetero) is 1. The normalized spacial score (nSPS) is 31.1. The van der Waals surface area contributed by atoms with Crippen molar-refractivity contribution in [2.24, 2.45) is 5.41 Å². The van der Waals surface area contributed by atoms with Crippen molar-refractivity contribution in [3.63, 3.8) is 0 Å². The van der Waals surface area contributed by atoms with Crippen molar-refractivity contribution in [2.75, 3.05) is 39.0 Å². The molecule has 3 aliphatic heterocycles. The maximum atomic E-state index is 14.7. The second-order valence-corrected chi connectivity index (χ2v) is 11.3. The van der Waals surface area contributed by atoms with Crippen LogP contribution in [0.5, 0.6) is 0 Å². The van der Waals surface area contributed by atoms with Crippen LogP contribution in [0, 0.1) is 5.41 Å². The van der Waals surface area contributed by atoms with Gasteiger partial charge < -0.3 is 10.2 Å². The molecule has 1 amide bonds. The number of rotatable bonds is 2. The van der Waals surface area contributed by atoms with Crippen molar-refractivity contribution in [1.82, 2.24) is 9.80 Å². The van der Waals surface area contributed by atoms with Crippen LogP contribution in [0.15, 0.2) is 64.9 Å². The lowest BCUT2D eigenvalue weighted by Crippen LogP contribution is -2.65. The number of carbonyl (C=O) groups is 2. The molecule has 2 saturated heterocycles. The first-order valence-corrected chi connectivity index (χ1v) is 12.9. The number of nitrogens with zero attached hydrogens (tertiary/aromatic N) is 2. The SMILES string of the molecule is CN1C/C(=C\c2cccs2)C(=O)[C@]2(C1)[C@@H](c1cccs1)CN(C)[C@@]21C(=O)Nc2ccccc21. The summed E-state index contributed by atoms with van der Waals surface area (Å²) in [6, 6.07) is 16.1. The topological polar surface area (TPSA) is 52.7 Å². The Kier molecular flexibility index (Phi) is 4.75. The molecule has 2 aromatic heterocycles. The number of thiophene rings is 2. The first-order chi connectivity index (χ1) is 16.0. The summed E-state index contributed by atoms with van der Waals surface area (Å²) in [7, 11) is 4.06. The molecule has 2 fully saturated rings. The van der Waals surface area contributed by atoms with Crippen LogP contribution in [0.4, 0.5) is 5.69 Å². The third-order valence-electron chi connectivity index (χ3n) is 7.57. The minimum Gasteiger partial charge on any atom is -0.324 e. The second-order valence-electron chi connectivity index (χ2n) is 9.32. The van der Waals surface area contributed by atoms with E-state index >= 15 is 0 Å². The summed E-state index contributed by atoms with van der Waals surface area (Å²) < 4.78 is 0. The standard InChI is InChI=1S/C26H25N3O2S2/c1-28-14-17(13-18-7-5-11-32-18)23(30)25(16-28)20(22-10-6-12-33-22)15-29(2)26(25)19-8-3-4-9-21(19)27-24(26)31/h3-13,20H,14-16H2,1-2H3,(H,27,31)/b17-13+/t20-,25+,26+/m1/s1. The molecule has 3 aromatic rings. The van der Waals surface area contributed by atoms with Crippen LogP contribution >= 0.6 is 22.7 Å². The molecule has 0 saturated carbocycles. The summed E-state index contributed by atoms with van der Waals surface area (Å²) in [6.07, 6.45) is 2.03. The van der Waals surface area contributed by atoms with Crippen molar-refractivity contribution in [3.05, 3.63) is 80.2 Å². The van der Waals surface area contributed by atoms with Gasteiger partial charge in [-0.05, 0) is 49.1 Å². The van der Waals surface area contributed by atoms with E-state index in [4.69, 9.17) is 0 Å². The lowest BCUT2D eigenvalue weighted by Gasteiger charge is -2.50. The molecule has 0 aliphatic carbocycles. The van der Waals surface area contributed by atoms with E-state index in [-0.39, 0.29) is 17.6 Å². The number of piperidine rings is 1. The fraction of sp³-hybridized carbons (Fsp3) is 0.308. The lowest BCUT2D eigenvalue weighted by atomic mass is 9.57. The van der Waals surface area contributed by atoms with Gasteiger partial charge >= 0.3 is 0 Å². The molecule has 168 valence electrons. The predicted octanol–water partition coefficient (Wildman–Crippen LogP) is 4.27. The van der Waals surface area contributed by atoms with E-state index < -0.39 is 11.0 Å². The number of nitrogens with one attached hydrogen (secondary N) is 1. The Bertz CT molecular complexity index is 1270. The Morgan fingerprint density at radius 2 is 1.82 bits per heavy atom. The molecule has 33 heavy (non-hydrogen) atoms. The molecule has 5 nitrogen and oxygen atoms in total. The number of carbonyl (C=O) groups excluding carboxylic acids is 2. The molecule has 0 radical (unpaired) electrons. The van der Waals surface area contributed by atoms with E-state index in [0.717, 1.165) is 26.6 Å².